The average molecular weight is 278 g/mol. The van der Waals surface area contributed by atoms with Crippen LogP contribution in [0.2, 0.25) is 0 Å². The maximum absolute atomic E-state index is 13.3. The molecule has 0 aliphatic heterocycles. The molecule has 0 unspecified atom stereocenters. The molecule has 4 heteroatoms. The van der Waals surface area contributed by atoms with Crippen LogP contribution < -0.4 is 0 Å². The van der Waals surface area contributed by atoms with Crippen LogP contribution in [0, 0.1) is 5.82 Å². The minimum absolute atomic E-state index is 0.0942. The SMILES string of the molecule is CN(C)[C@@H]1CCCC[C@H]1N(C)C(=O)c1cccc(F)c1. The number of carbonyl (C=O) groups excluding carboxylic acids is 1. The van der Waals surface area contributed by atoms with Gasteiger partial charge in [0.25, 0.3) is 5.91 Å². The van der Waals surface area contributed by atoms with Crippen molar-refractivity contribution >= 4 is 5.91 Å². The van der Waals surface area contributed by atoms with E-state index < -0.39 is 0 Å². The summed E-state index contributed by atoms with van der Waals surface area (Å²) in [5.41, 5.74) is 0.426. The number of amides is 1. The summed E-state index contributed by atoms with van der Waals surface area (Å²) in [5, 5.41) is 0. The van der Waals surface area contributed by atoms with Gasteiger partial charge in [0.2, 0.25) is 0 Å². The molecule has 0 saturated heterocycles. The van der Waals surface area contributed by atoms with Crippen LogP contribution in [0.15, 0.2) is 24.3 Å². The minimum Gasteiger partial charge on any atom is -0.337 e. The Morgan fingerprint density at radius 3 is 2.40 bits per heavy atom. The lowest BCUT2D eigenvalue weighted by molar-refractivity contribution is 0.0544. The maximum Gasteiger partial charge on any atom is 0.254 e. The predicted molar refractivity (Wildman–Crippen MR) is 78.2 cm³/mol. The van der Waals surface area contributed by atoms with Crippen LogP contribution in [-0.4, -0.2) is 48.9 Å². The van der Waals surface area contributed by atoms with Crippen molar-refractivity contribution in [2.24, 2.45) is 0 Å². The van der Waals surface area contributed by atoms with E-state index in [2.05, 4.69) is 19.0 Å². The van der Waals surface area contributed by atoms with Gasteiger partial charge in [-0.05, 0) is 45.1 Å². The first-order chi connectivity index (χ1) is 9.50. The van der Waals surface area contributed by atoms with E-state index >= 15 is 0 Å². The summed E-state index contributed by atoms with van der Waals surface area (Å²) in [6, 6.07) is 6.52. The van der Waals surface area contributed by atoms with Gasteiger partial charge in [0.15, 0.2) is 0 Å². The van der Waals surface area contributed by atoms with Gasteiger partial charge in [0.1, 0.15) is 5.82 Å². The zero-order valence-electron chi connectivity index (χ0n) is 12.5. The zero-order valence-corrected chi connectivity index (χ0v) is 12.5. The first-order valence-electron chi connectivity index (χ1n) is 7.20. The van der Waals surface area contributed by atoms with E-state index in [1.165, 1.54) is 18.6 Å². The minimum atomic E-state index is -0.364. The summed E-state index contributed by atoms with van der Waals surface area (Å²) in [7, 11) is 5.95. The van der Waals surface area contributed by atoms with Crippen LogP contribution in [0.4, 0.5) is 4.39 Å². The third-order valence-corrected chi connectivity index (χ3v) is 4.25. The first-order valence-corrected chi connectivity index (χ1v) is 7.20. The van der Waals surface area contributed by atoms with Gasteiger partial charge < -0.3 is 9.80 Å². The van der Waals surface area contributed by atoms with Crippen LogP contribution in [0.1, 0.15) is 36.0 Å². The lowest BCUT2D eigenvalue weighted by Gasteiger charge is -2.41. The fourth-order valence-electron chi connectivity index (χ4n) is 3.12. The Hall–Kier alpha value is -1.42. The number of rotatable bonds is 3. The van der Waals surface area contributed by atoms with E-state index in [-0.39, 0.29) is 17.8 Å². The van der Waals surface area contributed by atoms with Gasteiger partial charge in [-0.2, -0.15) is 0 Å². The summed E-state index contributed by atoms with van der Waals surface area (Å²) < 4.78 is 13.3. The molecule has 1 aliphatic rings. The van der Waals surface area contributed by atoms with Crippen molar-refractivity contribution in [1.82, 2.24) is 9.80 Å². The number of carbonyl (C=O) groups is 1. The summed E-state index contributed by atoms with van der Waals surface area (Å²) >= 11 is 0. The quantitative estimate of drug-likeness (QED) is 0.849. The zero-order chi connectivity index (χ0) is 14.7. The summed E-state index contributed by atoms with van der Waals surface area (Å²) in [4.78, 5) is 16.5. The van der Waals surface area contributed by atoms with E-state index in [9.17, 15) is 9.18 Å². The molecule has 1 aromatic carbocycles. The van der Waals surface area contributed by atoms with Crippen molar-refractivity contribution in [1.29, 1.82) is 0 Å². The van der Waals surface area contributed by atoms with Gasteiger partial charge in [-0.1, -0.05) is 18.9 Å². The summed E-state index contributed by atoms with van der Waals surface area (Å²) in [5.74, 6) is -0.458. The number of likely N-dealkylation sites (N-methyl/N-ethyl adjacent to an activating group) is 2. The molecule has 0 heterocycles. The Kier molecular flexibility index (Phi) is 4.76. The number of halogens is 1. The highest BCUT2D eigenvalue weighted by Crippen LogP contribution is 2.26. The van der Waals surface area contributed by atoms with Gasteiger partial charge in [0, 0.05) is 24.7 Å². The molecule has 1 fully saturated rings. The normalized spacial score (nSPS) is 22.9. The topological polar surface area (TPSA) is 23.6 Å². The van der Waals surface area contributed by atoms with Crippen molar-refractivity contribution < 1.29 is 9.18 Å². The van der Waals surface area contributed by atoms with Crippen LogP contribution in [0.25, 0.3) is 0 Å². The van der Waals surface area contributed by atoms with Crippen LogP contribution in [-0.2, 0) is 0 Å². The fraction of sp³-hybridized carbons (Fsp3) is 0.562. The Bertz CT molecular complexity index is 475. The van der Waals surface area contributed by atoms with E-state index in [1.807, 2.05) is 7.05 Å². The smallest absolute Gasteiger partial charge is 0.254 e. The maximum atomic E-state index is 13.3. The highest BCUT2D eigenvalue weighted by molar-refractivity contribution is 5.94. The standard InChI is InChI=1S/C16H23FN2O/c1-18(2)14-9-4-5-10-15(14)19(3)16(20)12-7-6-8-13(17)11-12/h6-8,11,14-15H,4-5,9-10H2,1-3H3/t14-,15-/m1/s1. The second-order valence-corrected chi connectivity index (χ2v) is 5.81. The monoisotopic (exact) mass is 278 g/mol. The molecule has 0 radical (unpaired) electrons. The van der Waals surface area contributed by atoms with Gasteiger partial charge >= 0.3 is 0 Å². The second-order valence-electron chi connectivity index (χ2n) is 5.81. The lowest BCUT2D eigenvalue weighted by atomic mass is 9.88. The molecule has 2 rings (SSSR count). The summed E-state index contributed by atoms with van der Waals surface area (Å²) in [6.45, 7) is 0. The van der Waals surface area contributed by atoms with Gasteiger partial charge in [-0.3, -0.25) is 4.79 Å². The van der Waals surface area contributed by atoms with Gasteiger partial charge in [0.05, 0.1) is 0 Å². The molecule has 0 bridgehead atoms. The van der Waals surface area contributed by atoms with E-state index in [4.69, 9.17) is 0 Å². The van der Waals surface area contributed by atoms with E-state index in [0.717, 1.165) is 19.3 Å². The Morgan fingerprint density at radius 1 is 1.15 bits per heavy atom. The van der Waals surface area contributed by atoms with Crippen LogP contribution in [0.3, 0.4) is 0 Å². The Morgan fingerprint density at radius 2 is 1.80 bits per heavy atom. The van der Waals surface area contributed by atoms with Crippen LogP contribution >= 0.6 is 0 Å². The molecule has 0 spiro atoms. The third kappa shape index (κ3) is 3.18. The largest absolute Gasteiger partial charge is 0.337 e. The molecule has 1 saturated carbocycles. The molecular formula is C16H23FN2O. The molecule has 110 valence electrons. The molecule has 1 aromatic rings. The lowest BCUT2D eigenvalue weighted by Crippen LogP contribution is -2.51. The molecule has 3 nitrogen and oxygen atoms in total. The third-order valence-electron chi connectivity index (χ3n) is 4.25. The van der Waals surface area contributed by atoms with Crippen molar-refractivity contribution in [3.05, 3.63) is 35.6 Å². The predicted octanol–water partition coefficient (Wildman–Crippen LogP) is 2.77. The number of benzene rings is 1. The van der Waals surface area contributed by atoms with Crippen molar-refractivity contribution in [2.45, 2.75) is 37.8 Å². The van der Waals surface area contributed by atoms with Gasteiger partial charge in [-0.25, -0.2) is 4.39 Å². The average Bonchev–Trinajstić information content (AvgIpc) is 2.45. The Labute approximate surface area is 120 Å². The van der Waals surface area contributed by atoms with Gasteiger partial charge in [-0.15, -0.1) is 0 Å². The number of nitrogens with zero attached hydrogens (tertiary/aromatic N) is 2. The molecule has 20 heavy (non-hydrogen) atoms. The Balaban J connectivity index is 2.16. The van der Waals surface area contributed by atoms with Crippen molar-refractivity contribution in [3.8, 4) is 0 Å². The molecule has 0 N–H and O–H groups in total. The molecule has 1 aliphatic carbocycles. The number of hydrogen-bond donors (Lipinski definition) is 0. The van der Waals surface area contributed by atoms with Crippen molar-refractivity contribution in [2.75, 3.05) is 21.1 Å². The molecular weight excluding hydrogens is 255 g/mol. The van der Waals surface area contributed by atoms with Crippen molar-refractivity contribution in [3.63, 3.8) is 0 Å². The second kappa shape index (κ2) is 6.35. The van der Waals surface area contributed by atoms with E-state index in [0.29, 0.717) is 11.6 Å². The first kappa shape index (κ1) is 15.0. The number of hydrogen-bond acceptors (Lipinski definition) is 2. The van der Waals surface area contributed by atoms with E-state index in [1.54, 1.807) is 17.0 Å². The fourth-order valence-corrected chi connectivity index (χ4v) is 3.12. The van der Waals surface area contributed by atoms with Crippen LogP contribution in [0.5, 0.6) is 0 Å². The summed E-state index contributed by atoms with van der Waals surface area (Å²) in [6.07, 6.45) is 4.48. The highest BCUT2D eigenvalue weighted by atomic mass is 19.1. The molecule has 2 atom stereocenters. The molecule has 1 amide bonds. The molecule has 0 aromatic heterocycles. The highest BCUT2D eigenvalue weighted by Gasteiger charge is 2.32.